The van der Waals surface area contributed by atoms with E-state index in [1.165, 1.54) is 0 Å². The summed E-state index contributed by atoms with van der Waals surface area (Å²) in [6, 6.07) is 0. The minimum Gasteiger partial charge on any atom is -0.478 e. The van der Waals surface area contributed by atoms with E-state index in [-0.39, 0.29) is 17.6 Å². The standard InChI is InChI=1S/C8H10O4/c1-3-6(8(11)12)4-5(2)7(9)10/h4H,2-3H2,1H3,(H,9,10)(H,11,12)/b6-4-. The van der Waals surface area contributed by atoms with E-state index in [4.69, 9.17) is 10.2 Å². The number of carboxylic acids is 2. The van der Waals surface area contributed by atoms with E-state index in [0.717, 1.165) is 6.08 Å². The molecule has 0 saturated heterocycles. The van der Waals surface area contributed by atoms with Crippen LogP contribution in [-0.4, -0.2) is 22.2 Å². The van der Waals surface area contributed by atoms with Gasteiger partial charge >= 0.3 is 11.9 Å². The van der Waals surface area contributed by atoms with Crippen molar-refractivity contribution < 1.29 is 19.8 Å². The molecule has 0 bridgehead atoms. The minimum absolute atomic E-state index is 0.0439. The van der Waals surface area contributed by atoms with Gasteiger partial charge in [-0.2, -0.15) is 0 Å². The Bertz CT molecular complexity index is 250. The van der Waals surface area contributed by atoms with Crippen molar-refractivity contribution >= 4 is 11.9 Å². The Hall–Kier alpha value is -1.58. The number of rotatable bonds is 4. The third-order valence-electron chi connectivity index (χ3n) is 1.28. The van der Waals surface area contributed by atoms with Gasteiger partial charge in [-0.1, -0.05) is 13.5 Å². The molecule has 0 rings (SSSR count). The topological polar surface area (TPSA) is 74.6 Å². The summed E-state index contributed by atoms with van der Waals surface area (Å²) in [5, 5.41) is 16.9. The first-order valence-electron chi connectivity index (χ1n) is 3.35. The Morgan fingerprint density at radius 3 is 2.08 bits per heavy atom. The van der Waals surface area contributed by atoms with Gasteiger partial charge in [0.25, 0.3) is 0 Å². The number of carboxylic acid groups (broad SMARTS) is 2. The maximum absolute atomic E-state index is 10.4. The molecule has 2 N–H and O–H groups in total. The molecule has 66 valence electrons. The summed E-state index contributed by atoms with van der Waals surface area (Å²) in [6.45, 7) is 4.82. The Labute approximate surface area is 69.8 Å². The maximum Gasteiger partial charge on any atom is 0.335 e. The molecule has 0 fully saturated rings. The van der Waals surface area contributed by atoms with Crippen LogP contribution in [0.25, 0.3) is 0 Å². The first-order chi connectivity index (χ1) is 5.49. The molecule has 0 saturated carbocycles. The third-order valence-corrected chi connectivity index (χ3v) is 1.28. The van der Waals surface area contributed by atoms with Crippen molar-refractivity contribution in [3.8, 4) is 0 Å². The molecule has 0 aromatic rings. The molecule has 0 aromatic heterocycles. The molecule has 0 unspecified atom stereocenters. The highest BCUT2D eigenvalue weighted by molar-refractivity contribution is 5.94. The summed E-state index contributed by atoms with van der Waals surface area (Å²) in [4.78, 5) is 20.6. The van der Waals surface area contributed by atoms with Crippen LogP contribution in [-0.2, 0) is 9.59 Å². The van der Waals surface area contributed by atoms with Crippen molar-refractivity contribution in [2.24, 2.45) is 0 Å². The summed E-state index contributed by atoms with van der Waals surface area (Å²) in [6.07, 6.45) is 1.34. The third kappa shape index (κ3) is 3.01. The SMILES string of the molecule is C=C(/C=C(/CC)C(=O)O)C(=O)O. The second-order valence-corrected chi connectivity index (χ2v) is 2.16. The average molecular weight is 170 g/mol. The molecule has 0 aliphatic carbocycles. The average Bonchev–Trinajstić information content (AvgIpc) is 1.98. The molecule has 0 spiro atoms. The van der Waals surface area contributed by atoms with Crippen molar-refractivity contribution in [1.29, 1.82) is 0 Å². The van der Waals surface area contributed by atoms with Crippen LogP contribution in [0.5, 0.6) is 0 Å². The second kappa shape index (κ2) is 4.33. The molecular weight excluding hydrogens is 160 g/mol. The summed E-state index contributed by atoms with van der Waals surface area (Å²) < 4.78 is 0. The van der Waals surface area contributed by atoms with Crippen molar-refractivity contribution in [1.82, 2.24) is 0 Å². The van der Waals surface area contributed by atoms with Crippen LogP contribution in [0.1, 0.15) is 13.3 Å². The maximum atomic E-state index is 10.4. The monoisotopic (exact) mass is 170 g/mol. The predicted molar refractivity (Wildman–Crippen MR) is 42.8 cm³/mol. The highest BCUT2D eigenvalue weighted by Gasteiger charge is 2.07. The van der Waals surface area contributed by atoms with E-state index in [1.54, 1.807) is 6.92 Å². The number of carbonyl (C=O) groups is 2. The molecule has 0 aromatic carbocycles. The van der Waals surface area contributed by atoms with Gasteiger partial charge in [-0.15, -0.1) is 0 Å². The molecule has 4 heteroatoms. The molecule has 0 amide bonds. The molecule has 0 heterocycles. The zero-order valence-corrected chi connectivity index (χ0v) is 6.70. The summed E-state index contributed by atoms with van der Waals surface area (Å²) >= 11 is 0. The quantitative estimate of drug-likeness (QED) is 0.488. The second-order valence-electron chi connectivity index (χ2n) is 2.16. The van der Waals surface area contributed by atoms with Crippen molar-refractivity contribution in [2.75, 3.05) is 0 Å². The van der Waals surface area contributed by atoms with E-state index < -0.39 is 11.9 Å². The van der Waals surface area contributed by atoms with Crippen molar-refractivity contribution in [3.05, 3.63) is 23.8 Å². The fourth-order valence-electron chi connectivity index (χ4n) is 0.587. The number of hydrogen-bond donors (Lipinski definition) is 2. The lowest BCUT2D eigenvalue weighted by Crippen LogP contribution is -2.03. The molecule has 0 atom stereocenters. The molecule has 0 radical (unpaired) electrons. The molecule has 0 aliphatic heterocycles. The predicted octanol–water partition coefficient (Wildman–Crippen LogP) is 1.05. The smallest absolute Gasteiger partial charge is 0.335 e. The van der Waals surface area contributed by atoms with E-state index >= 15 is 0 Å². The Morgan fingerprint density at radius 2 is 1.83 bits per heavy atom. The Kier molecular flexibility index (Phi) is 3.76. The Morgan fingerprint density at radius 1 is 1.33 bits per heavy atom. The van der Waals surface area contributed by atoms with Gasteiger partial charge in [0.2, 0.25) is 0 Å². The van der Waals surface area contributed by atoms with Crippen LogP contribution >= 0.6 is 0 Å². The molecular formula is C8H10O4. The zero-order valence-electron chi connectivity index (χ0n) is 6.70. The van der Waals surface area contributed by atoms with Crippen molar-refractivity contribution in [3.63, 3.8) is 0 Å². The number of hydrogen-bond acceptors (Lipinski definition) is 2. The Balaban J connectivity index is 4.61. The summed E-state index contributed by atoms with van der Waals surface area (Å²) in [5.74, 6) is -2.32. The fourth-order valence-corrected chi connectivity index (χ4v) is 0.587. The van der Waals surface area contributed by atoms with Gasteiger partial charge < -0.3 is 10.2 Å². The van der Waals surface area contributed by atoms with Crippen LogP contribution in [0.3, 0.4) is 0 Å². The lowest BCUT2D eigenvalue weighted by molar-refractivity contribution is -0.132. The summed E-state index contributed by atoms with van der Waals surface area (Å²) in [7, 11) is 0. The largest absolute Gasteiger partial charge is 0.478 e. The molecule has 12 heavy (non-hydrogen) atoms. The lowest BCUT2D eigenvalue weighted by atomic mass is 10.1. The van der Waals surface area contributed by atoms with Gasteiger partial charge in [0, 0.05) is 5.57 Å². The van der Waals surface area contributed by atoms with Crippen molar-refractivity contribution in [2.45, 2.75) is 13.3 Å². The van der Waals surface area contributed by atoms with E-state index in [2.05, 4.69) is 6.58 Å². The van der Waals surface area contributed by atoms with E-state index in [1.807, 2.05) is 0 Å². The van der Waals surface area contributed by atoms with Crippen LogP contribution < -0.4 is 0 Å². The zero-order chi connectivity index (χ0) is 9.72. The van der Waals surface area contributed by atoms with Gasteiger partial charge in [-0.3, -0.25) is 0 Å². The van der Waals surface area contributed by atoms with E-state index in [0.29, 0.717) is 0 Å². The van der Waals surface area contributed by atoms with Crippen LogP contribution in [0.15, 0.2) is 23.8 Å². The van der Waals surface area contributed by atoms with Gasteiger partial charge in [-0.25, -0.2) is 9.59 Å². The lowest BCUT2D eigenvalue weighted by Gasteiger charge is -1.96. The molecule has 4 nitrogen and oxygen atoms in total. The highest BCUT2D eigenvalue weighted by Crippen LogP contribution is 2.05. The normalized spacial score (nSPS) is 10.9. The highest BCUT2D eigenvalue weighted by atomic mass is 16.4. The first-order valence-corrected chi connectivity index (χ1v) is 3.35. The van der Waals surface area contributed by atoms with Crippen LogP contribution in [0.2, 0.25) is 0 Å². The summed E-state index contributed by atoms with van der Waals surface area (Å²) in [5.41, 5.74) is -0.170. The fraction of sp³-hybridized carbons (Fsp3) is 0.250. The van der Waals surface area contributed by atoms with Gasteiger partial charge in [0.1, 0.15) is 0 Å². The number of aliphatic carboxylic acids is 2. The van der Waals surface area contributed by atoms with Gasteiger partial charge in [0.05, 0.1) is 5.57 Å². The first kappa shape index (κ1) is 10.4. The van der Waals surface area contributed by atoms with Gasteiger partial charge in [0.15, 0.2) is 0 Å². The van der Waals surface area contributed by atoms with E-state index in [9.17, 15) is 9.59 Å². The molecule has 0 aliphatic rings. The van der Waals surface area contributed by atoms with Crippen LogP contribution in [0, 0.1) is 0 Å². The van der Waals surface area contributed by atoms with Gasteiger partial charge in [-0.05, 0) is 12.5 Å². The van der Waals surface area contributed by atoms with Crippen LogP contribution in [0.4, 0.5) is 0 Å². The minimum atomic E-state index is -1.21.